The Kier molecular flexibility index (Phi) is 5.18. The monoisotopic (exact) mass is 421 g/mol. The molecule has 0 aliphatic carbocycles. The third kappa shape index (κ3) is 4.06. The second kappa shape index (κ2) is 7.64. The van der Waals surface area contributed by atoms with E-state index in [1.807, 2.05) is 0 Å². The van der Waals surface area contributed by atoms with Gasteiger partial charge in [-0.15, -0.1) is 0 Å². The Morgan fingerprint density at radius 3 is 2.76 bits per heavy atom. The van der Waals surface area contributed by atoms with Gasteiger partial charge in [0.1, 0.15) is 12.1 Å². The van der Waals surface area contributed by atoms with Crippen molar-refractivity contribution in [3.8, 4) is 11.3 Å². The average Bonchev–Trinajstić information content (AvgIpc) is 3.10. The van der Waals surface area contributed by atoms with Crippen molar-refractivity contribution in [2.75, 3.05) is 26.3 Å². The Bertz CT molecular complexity index is 1060. The molecule has 0 atom stereocenters. The fourth-order valence-corrected chi connectivity index (χ4v) is 3.45. The van der Waals surface area contributed by atoms with Crippen LogP contribution in [0.3, 0.4) is 0 Å². The first-order valence-corrected chi connectivity index (χ1v) is 9.43. The van der Waals surface area contributed by atoms with Gasteiger partial charge < -0.3 is 9.64 Å². The molecule has 1 fully saturated rings. The number of aromatic nitrogens is 4. The Hall–Kier alpha value is -2.65. The lowest BCUT2D eigenvalue weighted by Gasteiger charge is -2.26. The lowest BCUT2D eigenvalue weighted by Crippen LogP contribution is -2.42. The van der Waals surface area contributed by atoms with E-state index in [2.05, 4.69) is 15.1 Å². The summed E-state index contributed by atoms with van der Waals surface area (Å²) in [6, 6.07) is 4.32. The third-order valence-corrected chi connectivity index (χ3v) is 5.06. The fraction of sp³-hybridized carbons (Fsp3) is 0.368. The second-order valence-electron chi connectivity index (χ2n) is 6.84. The molecular weight excluding hydrogens is 404 g/mol. The normalized spacial score (nSPS) is 15.1. The molecular formula is C19H18ClF2N5O2. The van der Waals surface area contributed by atoms with E-state index < -0.39 is 5.92 Å². The molecule has 0 saturated carbocycles. The molecule has 2 aromatic heterocycles. The van der Waals surface area contributed by atoms with E-state index in [1.54, 1.807) is 11.0 Å². The summed E-state index contributed by atoms with van der Waals surface area (Å²) >= 11 is 5.92. The van der Waals surface area contributed by atoms with Crippen LogP contribution in [0.15, 0.2) is 30.6 Å². The minimum absolute atomic E-state index is 0.0144. The number of nitrogens with zero attached hydrogens (tertiary/aromatic N) is 5. The molecule has 29 heavy (non-hydrogen) atoms. The van der Waals surface area contributed by atoms with Crippen LogP contribution in [0.5, 0.6) is 0 Å². The standard InChI is InChI=1S/C19H18ClF2N5O2/c1-19(21,22)13-8-12(2-3-14(13)20)15-9-23-16-10-24-27(18(16)25-15)11-17(28)26-4-6-29-7-5-26/h2-3,8-10H,4-7,11H2,1H3. The summed E-state index contributed by atoms with van der Waals surface area (Å²) in [5, 5.41) is 4.19. The van der Waals surface area contributed by atoms with Gasteiger partial charge in [0.25, 0.3) is 5.92 Å². The molecule has 0 bridgehead atoms. The highest BCUT2D eigenvalue weighted by atomic mass is 35.5. The highest BCUT2D eigenvalue weighted by Crippen LogP contribution is 2.35. The van der Waals surface area contributed by atoms with Gasteiger partial charge in [-0.1, -0.05) is 17.7 Å². The fourth-order valence-electron chi connectivity index (χ4n) is 3.17. The van der Waals surface area contributed by atoms with E-state index in [-0.39, 0.29) is 23.0 Å². The first-order valence-electron chi connectivity index (χ1n) is 9.05. The van der Waals surface area contributed by atoms with E-state index >= 15 is 0 Å². The minimum atomic E-state index is -3.09. The van der Waals surface area contributed by atoms with Crippen molar-refractivity contribution in [2.24, 2.45) is 0 Å². The Balaban J connectivity index is 1.66. The van der Waals surface area contributed by atoms with E-state index in [0.29, 0.717) is 48.7 Å². The molecule has 0 unspecified atom stereocenters. The lowest BCUT2D eigenvalue weighted by atomic mass is 10.0. The number of benzene rings is 1. The zero-order chi connectivity index (χ0) is 20.6. The summed E-state index contributed by atoms with van der Waals surface area (Å²) < 4.78 is 34.4. The van der Waals surface area contributed by atoms with E-state index in [9.17, 15) is 13.6 Å². The SMILES string of the molecule is CC(F)(F)c1cc(-c2cnc3cnn(CC(=O)N4CCOCC4)c3n2)ccc1Cl. The van der Waals surface area contributed by atoms with Gasteiger partial charge in [-0.3, -0.25) is 4.79 Å². The van der Waals surface area contributed by atoms with Crippen molar-refractivity contribution >= 4 is 28.7 Å². The molecule has 0 spiro atoms. The van der Waals surface area contributed by atoms with Crippen molar-refractivity contribution in [2.45, 2.75) is 19.4 Å². The number of hydrogen-bond acceptors (Lipinski definition) is 5. The zero-order valence-corrected chi connectivity index (χ0v) is 16.4. The van der Waals surface area contributed by atoms with Gasteiger partial charge >= 0.3 is 0 Å². The molecule has 1 saturated heterocycles. The van der Waals surface area contributed by atoms with Gasteiger partial charge in [-0.25, -0.2) is 23.4 Å². The number of fused-ring (bicyclic) bond motifs is 1. The number of alkyl halides is 2. The van der Waals surface area contributed by atoms with Gasteiger partial charge in [0.05, 0.1) is 31.3 Å². The summed E-state index contributed by atoms with van der Waals surface area (Å²) in [7, 11) is 0. The molecule has 10 heteroatoms. The van der Waals surface area contributed by atoms with Gasteiger partial charge in [0.2, 0.25) is 5.91 Å². The maximum Gasteiger partial charge on any atom is 0.271 e. The summed E-state index contributed by atoms with van der Waals surface area (Å²) in [6.07, 6.45) is 3.01. The summed E-state index contributed by atoms with van der Waals surface area (Å²) in [5.74, 6) is -3.18. The second-order valence-corrected chi connectivity index (χ2v) is 7.25. The van der Waals surface area contributed by atoms with Crippen LogP contribution in [0.4, 0.5) is 8.78 Å². The summed E-state index contributed by atoms with van der Waals surface area (Å²) in [4.78, 5) is 23.0. The number of halogens is 3. The smallest absolute Gasteiger partial charge is 0.271 e. The van der Waals surface area contributed by atoms with Gasteiger partial charge in [0.15, 0.2) is 5.65 Å². The number of hydrogen-bond donors (Lipinski definition) is 0. The first kappa shape index (κ1) is 19.7. The molecule has 0 radical (unpaired) electrons. The molecule has 1 aliphatic heterocycles. The maximum absolute atomic E-state index is 13.8. The van der Waals surface area contributed by atoms with Crippen LogP contribution in [0.2, 0.25) is 5.02 Å². The third-order valence-electron chi connectivity index (χ3n) is 4.73. The molecule has 152 valence electrons. The molecule has 1 aliphatic rings. The number of morpholine rings is 1. The minimum Gasteiger partial charge on any atom is -0.378 e. The van der Waals surface area contributed by atoms with Gasteiger partial charge in [0, 0.05) is 36.2 Å². The first-order chi connectivity index (χ1) is 13.8. The number of amides is 1. The van der Waals surface area contributed by atoms with Gasteiger partial charge in [-0.2, -0.15) is 5.10 Å². The van der Waals surface area contributed by atoms with Crippen LogP contribution in [0, 0.1) is 0 Å². The number of carbonyl (C=O) groups excluding carboxylic acids is 1. The molecule has 1 aromatic carbocycles. The average molecular weight is 422 g/mol. The summed E-state index contributed by atoms with van der Waals surface area (Å²) in [6.45, 7) is 2.90. The number of rotatable bonds is 4. The number of carbonyl (C=O) groups is 1. The van der Waals surface area contributed by atoms with Gasteiger partial charge in [-0.05, 0) is 12.1 Å². The predicted molar refractivity (Wildman–Crippen MR) is 103 cm³/mol. The number of ether oxygens (including phenoxy) is 1. The summed E-state index contributed by atoms with van der Waals surface area (Å²) in [5.41, 5.74) is 1.48. The molecule has 7 nitrogen and oxygen atoms in total. The molecule has 1 amide bonds. The Morgan fingerprint density at radius 2 is 2.03 bits per heavy atom. The van der Waals surface area contributed by atoms with Crippen LogP contribution in [0.1, 0.15) is 12.5 Å². The highest BCUT2D eigenvalue weighted by Gasteiger charge is 2.28. The zero-order valence-electron chi connectivity index (χ0n) is 15.6. The molecule has 3 aromatic rings. The maximum atomic E-state index is 13.8. The van der Waals surface area contributed by atoms with Crippen molar-refractivity contribution < 1.29 is 18.3 Å². The van der Waals surface area contributed by atoms with E-state index in [0.717, 1.165) is 6.92 Å². The largest absolute Gasteiger partial charge is 0.378 e. The van der Waals surface area contributed by atoms with E-state index in [4.69, 9.17) is 16.3 Å². The quantitative estimate of drug-likeness (QED) is 0.647. The van der Waals surface area contributed by atoms with Crippen LogP contribution >= 0.6 is 11.6 Å². The van der Waals surface area contributed by atoms with Crippen molar-refractivity contribution in [3.05, 3.63) is 41.2 Å². The Labute approximate surface area is 170 Å². The van der Waals surface area contributed by atoms with Crippen molar-refractivity contribution in [3.63, 3.8) is 0 Å². The molecule has 0 N–H and O–H groups in total. The van der Waals surface area contributed by atoms with Crippen molar-refractivity contribution in [1.29, 1.82) is 0 Å². The van der Waals surface area contributed by atoms with Crippen molar-refractivity contribution in [1.82, 2.24) is 24.6 Å². The topological polar surface area (TPSA) is 73.1 Å². The predicted octanol–water partition coefficient (Wildman–Crippen LogP) is 3.12. The van der Waals surface area contributed by atoms with Crippen LogP contribution in [0.25, 0.3) is 22.4 Å². The Morgan fingerprint density at radius 1 is 1.28 bits per heavy atom. The van der Waals surface area contributed by atoms with Crippen LogP contribution < -0.4 is 0 Å². The molecule has 4 rings (SSSR count). The van der Waals surface area contributed by atoms with E-state index in [1.165, 1.54) is 29.2 Å². The van der Waals surface area contributed by atoms with Crippen LogP contribution in [-0.2, 0) is 22.0 Å². The highest BCUT2D eigenvalue weighted by molar-refractivity contribution is 6.31. The molecule has 3 heterocycles. The lowest BCUT2D eigenvalue weighted by molar-refractivity contribution is -0.136. The van der Waals surface area contributed by atoms with Crippen LogP contribution in [-0.4, -0.2) is 56.9 Å².